The van der Waals surface area contributed by atoms with Gasteiger partial charge in [0.15, 0.2) is 0 Å². The Bertz CT molecular complexity index is 524. The zero-order valence-electron chi connectivity index (χ0n) is 9.63. The van der Waals surface area contributed by atoms with Crippen LogP contribution in [-0.2, 0) is 0 Å². The molecule has 1 aromatic heterocycles. The summed E-state index contributed by atoms with van der Waals surface area (Å²) in [6, 6.07) is 8.36. The number of hydrogen-bond donors (Lipinski definition) is 1. The molecule has 0 aliphatic heterocycles. The van der Waals surface area contributed by atoms with Gasteiger partial charge < -0.3 is 5.32 Å². The lowest BCUT2D eigenvalue weighted by Crippen LogP contribution is -2.17. The maximum Gasteiger partial charge on any atom is 0.0597 e. The van der Waals surface area contributed by atoms with E-state index in [0.29, 0.717) is 0 Å². The Balaban J connectivity index is 2.42. The fourth-order valence-electron chi connectivity index (χ4n) is 1.85. The highest BCUT2D eigenvalue weighted by molar-refractivity contribution is 9.10. The summed E-state index contributed by atoms with van der Waals surface area (Å²) in [5.74, 6) is 0. The van der Waals surface area contributed by atoms with Gasteiger partial charge in [-0.3, -0.25) is 0 Å². The second-order valence-electron chi connectivity index (χ2n) is 3.88. The topological polar surface area (TPSA) is 12.0 Å². The SMILES string of the molecule is CNC(c1csc(C)c1)c1ccc(Br)cc1Cl. The van der Waals surface area contributed by atoms with Crippen LogP contribution in [0.3, 0.4) is 0 Å². The predicted octanol–water partition coefficient (Wildman–Crippen LogP) is 4.78. The number of thiophene rings is 1. The van der Waals surface area contributed by atoms with Crippen molar-refractivity contribution < 1.29 is 0 Å². The fraction of sp³-hybridized carbons (Fsp3) is 0.231. The number of hydrogen-bond acceptors (Lipinski definition) is 2. The number of halogens is 2. The smallest absolute Gasteiger partial charge is 0.0597 e. The largest absolute Gasteiger partial charge is 0.309 e. The molecule has 90 valence electrons. The van der Waals surface area contributed by atoms with Crippen LogP contribution in [0.25, 0.3) is 0 Å². The van der Waals surface area contributed by atoms with Gasteiger partial charge in [-0.15, -0.1) is 11.3 Å². The van der Waals surface area contributed by atoms with Crippen LogP contribution < -0.4 is 5.32 Å². The fourth-order valence-corrected chi connectivity index (χ4v) is 3.37. The Hall–Kier alpha value is -0.350. The van der Waals surface area contributed by atoms with Crippen LogP contribution in [0.15, 0.2) is 34.1 Å². The first-order chi connectivity index (χ1) is 8.11. The predicted molar refractivity (Wildman–Crippen MR) is 79.1 cm³/mol. The maximum absolute atomic E-state index is 6.29. The van der Waals surface area contributed by atoms with E-state index in [1.807, 2.05) is 19.2 Å². The van der Waals surface area contributed by atoms with Gasteiger partial charge in [0.1, 0.15) is 0 Å². The van der Waals surface area contributed by atoms with Crippen LogP contribution in [0.2, 0.25) is 5.02 Å². The molecule has 0 aliphatic carbocycles. The molecule has 0 fully saturated rings. The van der Waals surface area contributed by atoms with Gasteiger partial charge in [0, 0.05) is 14.4 Å². The molecule has 2 aromatic rings. The zero-order valence-corrected chi connectivity index (χ0v) is 12.8. The lowest BCUT2D eigenvalue weighted by atomic mass is 10.0. The molecule has 0 bridgehead atoms. The quantitative estimate of drug-likeness (QED) is 0.854. The van der Waals surface area contributed by atoms with Gasteiger partial charge in [-0.25, -0.2) is 0 Å². The molecule has 1 aromatic carbocycles. The minimum atomic E-state index is 0.153. The minimum Gasteiger partial charge on any atom is -0.309 e. The summed E-state index contributed by atoms with van der Waals surface area (Å²) in [7, 11) is 1.95. The monoisotopic (exact) mass is 329 g/mol. The molecule has 1 atom stereocenters. The van der Waals surface area contributed by atoms with Gasteiger partial charge in [0.25, 0.3) is 0 Å². The molecule has 4 heteroatoms. The molecule has 0 saturated carbocycles. The van der Waals surface area contributed by atoms with Crippen LogP contribution in [0.1, 0.15) is 22.0 Å². The van der Waals surface area contributed by atoms with E-state index < -0.39 is 0 Å². The van der Waals surface area contributed by atoms with Crippen molar-refractivity contribution in [2.75, 3.05) is 7.05 Å². The summed E-state index contributed by atoms with van der Waals surface area (Å²) in [5, 5.41) is 6.27. The van der Waals surface area contributed by atoms with Crippen molar-refractivity contribution >= 4 is 38.9 Å². The molecule has 2 rings (SSSR count). The molecule has 0 saturated heterocycles. The van der Waals surface area contributed by atoms with E-state index in [-0.39, 0.29) is 6.04 Å². The number of rotatable bonds is 3. The second-order valence-corrected chi connectivity index (χ2v) is 6.32. The van der Waals surface area contributed by atoms with Crippen molar-refractivity contribution in [2.45, 2.75) is 13.0 Å². The third-order valence-corrected chi connectivity index (χ3v) is 4.35. The number of aryl methyl sites for hydroxylation is 1. The summed E-state index contributed by atoms with van der Waals surface area (Å²) in [6.45, 7) is 2.12. The van der Waals surface area contributed by atoms with Crippen molar-refractivity contribution in [3.8, 4) is 0 Å². The van der Waals surface area contributed by atoms with E-state index >= 15 is 0 Å². The standard InChI is InChI=1S/C13H13BrClNS/c1-8-5-9(7-17-8)13(16-2)11-4-3-10(14)6-12(11)15/h3-7,13,16H,1-2H3. The highest BCUT2D eigenvalue weighted by Crippen LogP contribution is 2.32. The van der Waals surface area contributed by atoms with Gasteiger partial charge >= 0.3 is 0 Å². The Kier molecular flexibility index (Phi) is 4.26. The molecule has 1 N–H and O–H groups in total. The van der Waals surface area contributed by atoms with Crippen LogP contribution >= 0.6 is 38.9 Å². The van der Waals surface area contributed by atoms with Crippen molar-refractivity contribution in [1.29, 1.82) is 0 Å². The van der Waals surface area contributed by atoms with Crippen molar-refractivity contribution in [1.82, 2.24) is 5.32 Å². The number of nitrogens with one attached hydrogen (secondary N) is 1. The Morgan fingerprint density at radius 2 is 2.12 bits per heavy atom. The molecule has 0 radical (unpaired) electrons. The minimum absolute atomic E-state index is 0.153. The van der Waals surface area contributed by atoms with Gasteiger partial charge in [-0.2, -0.15) is 0 Å². The number of benzene rings is 1. The lowest BCUT2D eigenvalue weighted by molar-refractivity contribution is 0.694. The zero-order chi connectivity index (χ0) is 12.4. The van der Waals surface area contributed by atoms with Gasteiger partial charge in [0.05, 0.1) is 6.04 Å². The Morgan fingerprint density at radius 3 is 2.65 bits per heavy atom. The summed E-state index contributed by atoms with van der Waals surface area (Å²) in [4.78, 5) is 1.31. The van der Waals surface area contributed by atoms with Gasteiger partial charge in [0.2, 0.25) is 0 Å². The van der Waals surface area contributed by atoms with Crippen LogP contribution in [0.5, 0.6) is 0 Å². The average molecular weight is 331 g/mol. The summed E-state index contributed by atoms with van der Waals surface area (Å²) in [6.07, 6.45) is 0. The Morgan fingerprint density at radius 1 is 1.35 bits per heavy atom. The first-order valence-corrected chi connectivity index (χ1v) is 7.34. The van der Waals surface area contributed by atoms with Crippen LogP contribution in [0, 0.1) is 6.92 Å². The van der Waals surface area contributed by atoms with Gasteiger partial charge in [-0.05, 0) is 48.7 Å². The first-order valence-electron chi connectivity index (χ1n) is 5.29. The van der Waals surface area contributed by atoms with E-state index in [0.717, 1.165) is 15.1 Å². The molecular weight excluding hydrogens is 318 g/mol. The summed E-state index contributed by atoms with van der Waals surface area (Å²) < 4.78 is 1.00. The summed E-state index contributed by atoms with van der Waals surface area (Å²) in [5.41, 5.74) is 2.37. The van der Waals surface area contributed by atoms with Crippen LogP contribution in [-0.4, -0.2) is 7.05 Å². The third-order valence-electron chi connectivity index (χ3n) is 2.65. The van der Waals surface area contributed by atoms with E-state index in [1.165, 1.54) is 10.4 Å². The molecule has 0 spiro atoms. The molecule has 1 unspecified atom stereocenters. The van der Waals surface area contributed by atoms with E-state index in [9.17, 15) is 0 Å². The molecule has 0 amide bonds. The third kappa shape index (κ3) is 2.91. The molecular formula is C13H13BrClNS. The van der Waals surface area contributed by atoms with E-state index in [2.05, 4.69) is 45.7 Å². The molecule has 0 aliphatic rings. The van der Waals surface area contributed by atoms with Crippen LogP contribution in [0.4, 0.5) is 0 Å². The van der Waals surface area contributed by atoms with Gasteiger partial charge in [-0.1, -0.05) is 33.6 Å². The Labute approximate surface area is 119 Å². The summed E-state index contributed by atoms with van der Waals surface area (Å²) >= 11 is 11.5. The molecule has 1 heterocycles. The highest BCUT2D eigenvalue weighted by Gasteiger charge is 2.16. The normalized spacial score (nSPS) is 12.7. The molecule has 1 nitrogen and oxygen atoms in total. The van der Waals surface area contributed by atoms with Crippen molar-refractivity contribution in [3.05, 3.63) is 55.1 Å². The second kappa shape index (κ2) is 5.53. The maximum atomic E-state index is 6.29. The van der Waals surface area contributed by atoms with Crippen molar-refractivity contribution in [3.63, 3.8) is 0 Å². The first kappa shape index (κ1) is 13.1. The van der Waals surface area contributed by atoms with E-state index in [1.54, 1.807) is 11.3 Å². The highest BCUT2D eigenvalue weighted by atomic mass is 79.9. The molecule has 17 heavy (non-hydrogen) atoms. The van der Waals surface area contributed by atoms with Crippen molar-refractivity contribution in [2.24, 2.45) is 0 Å². The van der Waals surface area contributed by atoms with E-state index in [4.69, 9.17) is 11.6 Å². The average Bonchev–Trinajstić information content (AvgIpc) is 2.69. The lowest BCUT2D eigenvalue weighted by Gasteiger charge is -2.17.